The number of para-hydroxylation sites is 2. The van der Waals surface area contributed by atoms with Crippen molar-refractivity contribution in [2.24, 2.45) is 0 Å². The Bertz CT molecular complexity index is 2840. The maximum Gasteiger partial charge on any atom is 0.137 e. The summed E-state index contributed by atoms with van der Waals surface area (Å²) in [6.45, 7) is 0. The minimum Gasteiger partial charge on any atom is -0.456 e. The van der Waals surface area contributed by atoms with Crippen LogP contribution < -0.4 is 9.80 Å². The van der Waals surface area contributed by atoms with Crippen molar-refractivity contribution < 1.29 is 4.42 Å². The standard InChI is InChI=1S/C48H32N2OS/c1-4-12-33(13-5-1)34-20-22-37(23-21-34)49(35-14-6-2-7-15-35)38-24-27-41-42-28-25-39(31-46(42)51-45(41)30-38)50(36-16-8-3-9-17-36)40-26-29-44-43-18-10-11-19-47(43)52-48(44)32-40/h1-32H. The normalized spacial score (nSPS) is 11.5. The van der Waals surface area contributed by atoms with E-state index in [9.17, 15) is 0 Å². The predicted molar refractivity (Wildman–Crippen MR) is 221 cm³/mol. The average Bonchev–Trinajstić information content (AvgIpc) is 3.77. The van der Waals surface area contributed by atoms with E-state index >= 15 is 0 Å². The van der Waals surface area contributed by atoms with Gasteiger partial charge in [-0.2, -0.15) is 0 Å². The second-order valence-electron chi connectivity index (χ2n) is 13.0. The zero-order chi connectivity index (χ0) is 34.4. The molecule has 0 radical (unpaired) electrons. The molecule has 10 rings (SSSR count). The van der Waals surface area contributed by atoms with Crippen molar-refractivity contribution in [2.45, 2.75) is 0 Å². The van der Waals surface area contributed by atoms with Crippen LogP contribution in [0.25, 0.3) is 53.2 Å². The summed E-state index contributed by atoms with van der Waals surface area (Å²) >= 11 is 1.84. The molecule has 0 amide bonds. The minimum absolute atomic E-state index is 0.851. The number of benzene rings is 8. The number of hydrogen-bond acceptors (Lipinski definition) is 4. The van der Waals surface area contributed by atoms with Crippen LogP contribution in [0.5, 0.6) is 0 Å². The summed E-state index contributed by atoms with van der Waals surface area (Å²) in [6, 6.07) is 68.9. The van der Waals surface area contributed by atoms with Gasteiger partial charge in [-0.05, 0) is 90.0 Å². The summed E-state index contributed by atoms with van der Waals surface area (Å²) in [6.07, 6.45) is 0. The van der Waals surface area contributed by atoms with E-state index in [4.69, 9.17) is 4.42 Å². The smallest absolute Gasteiger partial charge is 0.137 e. The SMILES string of the molecule is c1ccc(-c2ccc(N(c3ccccc3)c3ccc4c(c3)oc3cc(N(c5ccccc5)c5ccc6c(c5)sc5ccccc56)ccc34)cc2)cc1. The van der Waals surface area contributed by atoms with E-state index in [-0.39, 0.29) is 0 Å². The molecule has 0 atom stereocenters. The molecule has 4 heteroatoms. The van der Waals surface area contributed by atoms with Gasteiger partial charge >= 0.3 is 0 Å². The molecule has 0 N–H and O–H groups in total. The third-order valence-corrected chi connectivity index (χ3v) is 11.0. The molecule has 2 aromatic heterocycles. The molecule has 0 aliphatic rings. The van der Waals surface area contributed by atoms with Gasteiger partial charge < -0.3 is 14.2 Å². The Balaban J connectivity index is 1.06. The zero-order valence-electron chi connectivity index (χ0n) is 28.2. The number of nitrogens with zero attached hydrogens (tertiary/aromatic N) is 2. The Hall–Kier alpha value is -6.62. The van der Waals surface area contributed by atoms with E-state index in [2.05, 4.69) is 204 Å². The van der Waals surface area contributed by atoms with Gasteiger partial charge in [-0.15, -0.1) is 11.3 Å². The van der Waals surface area contributed by atoms with E-state index in [1.165, 1.54) is 31.3 Å². The van der Waals surface area contributed by atoms with Crippen molar-refractivity contribution in [3.05, 3.63) is 194 Å². The lowest BCUT2D eigenvalue weighted by molar-refractivity contribution is 0.669. The molecule has 246 valence electrons. The van der Waals surface area contributed by atoms with Crippen molar-refractivity contribution in [1.82, 2.24) is 0 Å². The Kier molecular flexibility index (Phi) is 7.33. The molecule has 0 unspecified atom stereocenters. The highest BCUT2D eigenvalue weighted by atomic mass is 32.1. The molecule has 0 bridgehead atoms. The number of anilines is 6. The fourth-order valence-electron chi connectivity index (χ4n) is 7.37. The molecule has 0 spiro atoms. The fourth-order valence-corrected chi connectivity index (χ4v) is 8.51. The number of furan rings is 1. The first kappa shape index (κ1) is 30.2. The van der Waals surface area contributed by atoms with Crippen molar-refractivity contribution in [3.63, 3.8) is 0 Å². The Labute approximate surface area is 305 Å². The fraction of sp³-hybridized carbons (Fsp3) is 0. The third-order valence-electron chi connectivity index (χ3n) is 9.84. The first-order chi connectivity index (χ1) is 25.8. The summed E-state index contributed by atoms with van der Waals surface area (Å²) in [7, 11) is 0. The van der Waals surface area contributed by atoms with Crippen LogP contribution in [0.2, 0.25) is 0 Å². The first-order valence-corrected chi connectivity index (χ1v) is 18.3. The summed E-state index contributed by atoms with van der Waals surface area (Å²) < 4.78 is 9.29. The van der Waals surface area contributed by atoms with E-state index in [1.807, 2.05) is 11.3 Å². The molecule has 3 nitrogen and oxygen atoms in total. The van der Waals surface area contributed by atoms with E-state index in [0.29, 0.717) is 0 Å². The molecule has 0 aliphatic heterocycles. The summed E-state index contributed by atoms with van der Waals surface area (Å²) in [5.41, 5.74) is 10.5. The van der Waals surface area contributed by atoms with Gasteiger partial charge in [0.2, 0.25) is 0 Å². The van der Waals surface area contributed by atoms with E-state index < -0.39 is 0 Å². The molecule has 0 saturated heterocycles. The van der Waals surface area contributed by atoms with Crippen molar-refractivity contribution in [3.8, 4) is 11.1 Å². The number of thiophene rings is 1. The number of fused-ring (bicyclic) bond motifs is 6. The second-order valence-corrected chi connectivity index (χ2v) is 14.1. The highest BCUT2D eigenvalue weighted by molar-refractivity contribution is 7.25. The van der Waals surface area contributed by atoms with Gasteiger partial charge in [0.15, 0.2) is 0 Å². The van der Waals surface area contributed by atoms with Gasteiger partial charge in [0.1, 0.15) is 11.2 Å². The van der Waals surface area contributed by atoms with Crippen LogP contribution in [-0.2, 0) is 0 Å². The van der Waals surface area contributed by atoms with Gasteiger partial charge in [-0.25, -0.2) is 0 Å². The molecule has 0 saturated carbocycles. The highest BCUT2D eigenvalue weighted by Crippen LogP contribution is 2.43. The predicted octanol–water partition coefficient (Wildman–Crippen LogP) is 14.6. The van der Waals surface area contributed by atoms with Gasteiger partial charge in [0.05, 0.1) is 0 Å². The lowest BCUT2D eigenvalue weighted by Crippen LogP contribution is -2.09. The molecule has 52 heavy (non-hydrogen) atoms. The average molecular weight is 685 g/mol. The Morgan fingerprint density at radius 2 is 0.731 bits per heavy atom. The summed E-state index contributed by atoms with van der Waals surface area (Å²) in [4.78, 5) is 4.60. The lowest BCUT2D eigenvalue weighted by Gasteiger charge is -2.25. The van der Waals surface area contributed by atoms with E-state index in [1.54, 1.807) is 0 Å². The van der Waals surface area contributed by atoms with Gasteiger partial charge in [-0.1, -0.05) is 103 Å². The summed E-state index contributed by atoms with van der Waals surface area (Å²) in [5.74, 6) is 0. The summed E-state index contributed by atoms with van der Waals surface area (Å²) in [5, 5.41) is 4.78. The third kappa shape index (κ3) is 5.29. The number of hydrogen-bond donors (Lipinski definition) is 0. The molecule has 2 heterocycles. The second kappa shape index (κ2) is 12.6. The monoisotopic (exact) mass is 684 g/mol. The molecular formula is C48H32N2OS. The van der Waals surface area contributed by atoms with Gasteiger partial charge in [0.25, 0.3) is 0 Å². The quantitative estimate of drug-likeness (QED) is 0.167. The van der Waals surface area contributed by atoms with Gasteiger partial charge in [0, 0.05) is 77.2 Å². The van der Waals surface area contributed by atoms with Crippen LogP contribution >= 0.6 is 11.3 Å². The number of rotatable bonds is 7. The van der Waals surface area contributed by atoms with Crippen LogP contribution in [0.3, 0.4) is 0 Å². The molecular weight excluding hydrogens is 653 g/mol. The molecule has 10 aromatic rings. The van der Waals surface area contributed by atoms with Gasteiger partial charge in [-0.3, -0.25) is 0 Å². The van der Waals surface area contributed by atoms with Crippen molar-refractivity contribution >= 4 is 87.6 Å². The highest BCUT2D eigenvalue weighted by Gasteiger charge is 2.19. The molecule has 8 aromatic carbocycles. The molecule has 0 aliphatic carbocycles. The van der Waals surface area contributed by atoms with Crippen LogP contribution in [0.1, 0.15) is 0 Å². The molecule has 0 fully saturated rings. The first-order valence-electron chi connectivity index (χ1n) is 17.5. The van der Waals surface area contributed by atoms with E-state index in [0.717, 1.165) is 56.1 Å². The van der Waals surface area contributed by atoms with Crippen molar-refractivity contribution in [1.29, 1.82) is 0 Å². The topological polar surface area (TPSA) is 19.6 Å². The lowest BCUT2D eigenvalue weighted by atomic mass is 10.0. The Morgan fingerprint density at radius 1 is 0.308 bits per heavy atom. The Morgan fingerprint density at radius 3 is 1.35 bits per heavy atom. The van der Waals surface area contributed by atoms with Crippen LogP contribution in [0, 0.1) is 0 Å². The van der Waals surface area contributed by atoms with Crippen LogP contribution in [-0.4, -0.2) is 0 Å². The van der Waals surface area contributed by atoms with Crippen molar-refractivity contribution in [2.75, 3.05) is 9.80 Å². The minimum atomic E-state index is 0.851. The zero-order valence-corrected chi connectivity index (χ0v) is 29.0. The van der Waals surface area contributed by atoms with Crippen LogP contribution in [0.4, 0.5) is 34.1 Å². The maximum atomic E-state index is 6.71. The maximum absolute atomic E-state index is 6.71. The van der Waals surface area contributed by atoms with Crippen LogP contribution in [0.15, 0.2) is 199 Å². The largest absolute Gasteiger partial charge is 0.456 e.